The van der Waals surface area contributed by atoms with Crippen LogP contribution in [0.1, 0.15) is 50.5 Å². The molecule has 2 aromatic carbocycles. The molecule has 0 unspecified atom stereocenters. The van der Waals surface area contributed by atoms with Crippen molar-refractivity contribution in [3.05, 3.63) is 47.5 Å². The van der Waals surface area contributed by atoms with Crippen LogP contribution in [0.3, 0.4) is 0 Å². The van der Waals surface area contributed by atoms with Crippen LogP contribution in [0.5, 0.6) is 23.0 Å². The molecule has 0 aliphatic carbocycles. The molecule has 0 aromatic heterocycles. The van der Waals surface area contributed by atoms with E-state index in [9.17, 15) is 28.8 Å². The lowest BCUT2D eigenvalue weighted by atomic mass is 9.98. The fourth-order valence-corrected chi connectivity index (χ4v) is 4.61. The summed E-state index contributed by atoms with van der Waals surface area (Å²) in [5.74, 6) is -3.95. The Morgan fingerprint density at radius 3 is 1.76 bits per heavy atom. The minimum Gasteiger partial charge on any atom is -0.496 e. The first-order valence-electron chi connectivity index (χ1n) is 13.8. The molecule has 2 aromatic rings. The third-order valence-electron chi connectivity index (χ3n) is 6.26. The van der Waals surface area contributed by atoms with Crippen molar-refractivity contribution in [2.45, 2.75) is 65.3 Å². The zero-order chi connectivity index (χ0) is 34.1. The molecule has 0 N–H and O–H groups in total. The number of hydrogen-bond acceptors (Lipinski definition) is 15. The largest absolute Gasteiger partial charge is 0.496 e. The monoisotopic (exact) mass is 646 g/mol. The molecule has 1 heterocycles. The Hall–Kier alpha value is -5.18. The molecular weight excluding hydrogens is 612 g/mol. The van der Waals surface area contributed by atoms with Gasteiger partial charge in [-0.3, -0.25) is 28.8 Å². The molecule has 1 aliphatic heterocycles. The molecule has 0 amide bonds. The summed E-state index contributed by atoms with van der Waals surface area (Å²) in [6, 6.07) is 8.53. The number of rotatable bonds is 12. The highest BCUT2D eigenvalue weighted by atomic mass is 16.7. The number of carbonyl (C=O) groups excluding carboxylic acids is 6. The van der Waals surface area contributed by atoms with Crippen molar-refractivity contribution in [3.63, 3.8) is 0 Å². The first kappa shape index (κ1) is 35.3. The van der Waals surface area contributed by atoms with E-state index < -0.39 is 72.9 Å². The van der Waals surface area contributed by atoms with Gasteiger partial charge in [-0.25, -0.2) is 0 Å². The van der Waals surface area contributed by atoms with E-state index in [0.717, 1.165) is 27.7 Å². The maximum atomic E-state index is 13.7. The van der Waals surface area contributed by atoms with Crippen LogP contribution in [0.4, 0.5) is 0 Å². The smallest absolute Gasteiger partial charge is 0.308 e. The fourth-order valence-electron chi connectivity index (χ4n) is 4.61. The standard InChI is InChI=1S/C31H34O15/c1-15(32)40-14-25-28(42-17(3)34)29(43-18(4)35)30(44-19(5)36)31(46-25)45-21-10-8-9-20(11-21)27(37)26-23(38-6)12-22(41-16(2)33)13-24(26)39-7/h8-13,25,28-31H,14H2,1-7H3/t25-,28-,29+,30-,31-/m1/s1. The Bertz CT molecular complexity index is 1460. The van der Waals surface area contributed by atoms with Crippen molar-refractivity contribution in [2.24, 2.45) is 0 Å². The van der Waals surface area contributed by atoms with E-state index >= 15 is 0 Å². The fraction of sp³-hybridized carbons (Fsp3) is 0.419. The summed E-state index contributed by atoms with van der Waals surface area (Å²) >= 11 is 0. The first-order chi connectivity index (χ1) is 21.7. The van der Waals surface area contributed by atoms with E-state index in [1.54, 1.807) is 0 Å². The van der Waals surface area contributed by atoms with Gasteiger partial charge in [0.2, 0.25) is 18.2 Å². The Morgan fingerprint density at radius 1 is 0.674 bits per heavy atom. The van der Waals surface area contributed by atoms with Gasteiger partial charge in [0.25, 0.3) is 0 Å². The van der Waals surface area contributed by atoms with E-state index in [1.807, 2.05) is 0 Å². The van der Waals surface area contributed by atoms with Gasteiger partial charge in [0, 0.05) is 52.3 Å². The van der Waals surface area contributed by atoms with Crippen molar-refractivity contribution < 1.29 is 71.4 Å². The highest BCUT2D eigenvalue weighted by Gasteiger charge is 2.53. The minimum atomic E-state index is -1.52. The van der Waals surface area contributed by atoms with Crippen LogP contribution in [-0.4, -0.2) is 87.2 Å². The summed E-state index contributed by atoms with van der Waals surface area (Å²) < 4.78 is 49.2. The van der Waals surface area contributed by atoms with Gasteiger partial charge in [0.1, 0.15) is 41.3 Å². The summed E-state index contributed by atoms with van der Waals surface area (Å²) in [6.07, 6.45) is -7.04. The van der Waals surface area contributed by atoms with Crippen LogP contribution in [0, 0.1) is 0 Å². The summed E-state index contributed by atoms with van der Waals surface area (Å²) in [6.45, 7) is 5.22. The van der Waals surface area contributed by atoms with Crippen LogP contribution < -0.4 is 18.9 Å². The first-order valence-corrected chi connectivity index (χ1v) is 13.8. The molecular formula is C31H34O15. The maximum Gasteiger partial charge on any atom is 0.308 e. The molecule has 15 nitrogen and oxygen atoms in total. The van der Waals surface area contributed by atoms with E-state index in [1.165, 1.54) is 57.5 Å². The third kappa shape index (κ3) is 9.17. The van der Waals surface area contributed by atoms with Gasteiger partial charge in [-0.05, 0) is 12.1 Å². The van der Waals surface area contributed by atoms with Crippen LogP contribution in [0.25, 0.3) is 0 Å². The molecule has 1 aliphatic rings. The Labute approximate surface area is 263 Å². The SMILES string of the molecule is COc1cc(OC(C)=O)cc(OC)c1C(=O)c1cccc(O[C@@H]2O[C@H](COC(C)=O)[C@@H](OC(C)=O)[C@H](OC(C)=O)[C@H]2OC(C)=O)c1. The lowest BCUT2D eigenvalue weighted by Crippen LogP contribution is -2.63. The molecule has 248 valence electrons. The average molecular weight is 647 g/mol. The molecule has 15 heteroatoms. The van der Waals surface area contributed by atoms with E-state index in [0.29, 0.717) is 0 Å². The van der Waals surface area contributed by atoms with Crippen molar-refractivity contribution in [2.75, 3.05) is 20.8 Å². The van der Waals surface area contributed by atoms with Crippen molar-refractivity contribution in [1.29, 1.82) is 0 Å². The number of esters is 5. The molecule has 5 atom stereocenters. The van der Waals surface area contributed by atoms with Crippen LogP contribution >= 0.6 is 0 Å². The molecule has 3 rings (SSSR count). The molecule has 1 saturated heterocycles. The number of carbonyl (C=O) groups is 6. The van der Waals surface area contributed by atoms with Crippen molar-refractivity contribution >= 4 is 35.6 Å². The van der Waals surface area contributed by atoms with Crippen molar-refractivity contribution in [3.8, 4) is 23.0 Å². The number of methoxy groups -OCH3 is 2. The predicted molar refractivity (Wildman–Crippen MR) is 153 cm³/mol. The predicted octanol–water partition coefficient (Wildman–Crippen LogP) is 2.32. The summed E-state index contributed by atoms with van der Waals surface area (Å²) in [7, 11) is 2.65. The van der Waals surface area contributed by atoms with E-state index in [2.05, 4.69) is 0 Å². The van der Waals surface area contributed by atoms with Gasteiger partial charge in [0.15, 0.2) is 12.2 Å². The zero-order valence-corrected chi connectivity index (χ0v) is 26.2. The second-order valence-corrected chi connectivity index (χ2v) is 9.84. The molecule has 0 saturated carbocycles. The van der Waals surface area contributed by atoms with Gasteiger partial charge in [-0.1, -0.05) is 12.1 Å². The zero-order valence-electron chi connectivity index (χ0n) is 26.2. The van der Waals surface area contributed by atoms with E-state index in [4.69, 9.17) is 42.6 Å². The summed E-state index contributed by atoms with van der Waals surface area (Å²) in [5, 5.41) is 0. The number of ether oxygens (including phenoxy) is 9. The molecule has 0 radical (unpaired) electrons. The summed E-state index contributed by atoms with van der Waals surface area (Å²) in [5.41, 5.74) is 0.116. The Balaban J connectivity index is 2.03. The Kier molecular flexibility index (Phi) is 12.0. The lowest BCUT2D eigenvalue weighted by Gasteiger charge is -2.43. The molecule has 1 fully saturated rings. The van der Waals surface area contributed by atoms with Gasteiger partial charge in [-0.15, -0.1) is 0 Å². The van der Waals surface area contributed by atoms with Gasteiger partial charge < -0.3 is 42.6 Å². The van der Waals surface area contributed by atoms with Crippen molar-refractivity contribution in [1.82, 2.24) is 0 Å². The maximum absolute atomic E-state index is 13.7. The third-order valence-corrected chi connectivity index (χ3v) is 6.26. The lowest BCUT2D eigenvalue weighted by molar-refractivity contribution is -0.288. The second-order valence-electron chi connectivity index (χ2n) is 9.84. The molecule has 0 bridgehead atoms. The van der Waals surface area contributed by atoms with Crippen LogP contribution in [0.15, 0.2) is 36.4 Å². The normalized spacial score (nSPS) is 20.4. The highest BCUT2D eigenvalue weighted by molar-refractivity contribution is 6.13. The van der Waals surface area contributed by atoms with Crippen LogP contribution in [-0.2, 0) is 47.7 Å². The Morgan fingerprint density at radius 2 is 1.24 bits per heavy atom. The van der Waals surface area contributed by atoms with Gasteiger partial charge in [-0.2, -0.15) is 0 Å². The molecule has 0 spiro atoms. The average Bonchev–Trinajstić information content (AvgIpc) is 2.97. The minimum absolute atomic E-state index is 0.0188. The second kappa shape index (κ2) is 15.7. The van der Waals surface area contributed by atoms with Crippen LogP contribution in [0.2, 0.25) is 0 Å². The van der Waals surface area contributed by atoms with Gasteiger partial charge in [0.05, 0.1) is 14.2 Å². The summed E-state index contributed by atoms with van der Waals surface area (Å²) in [4.78, 5) is 73.0. The topological polar surface area (TPSA) is 185 Å². The highest BCUT2D eigenvalue weighted by Crippen LogP contribution is 2.37. The van der Waals surface area contributed by atoms with E-state index in [-0.39, 0.29) is 34.1 Å². The molecule has 46 heavy (non-hydrogen) atoms. The number of ketones is 1. The number of hydrogen-bond donors (Lipinski definition) is 0. The quantitative estimate of drug-likeness (QED) is 0.141. The number of benzene rings is 2. The van der Waals surface area contributed by atoms with Gasteiger partial charge >= 0.3 is 29.8 Å².